The summed E-state index contributed by atoms with van der Waals surface area (Å²) in [5.74, 6) is 1.37. The lowest BCUT2D eigenvalue weighted by molar-refractivity contribution is 0.0925. The average Bonchev–Trinajstić information content (AvgIpc) is 3.23. The van der Waals surface area contributed by atoms with Crippen LogP contribution < -0.4 is 10.1 Å². The zero-order valence-corrected chi connectivity index (χ0v) is 18.1. The summed E-state index contributed by atoms with van der Waals surface area (Å²) in [5.41, 5.74) is 2.75. The molecule has 2 aliphatic rings. The van der Waals surface area contributed by atoms with Crippen molar-refractivity contribution in [3.05, 3.63) is 58.6 Å². The van der Waals surface area contributed by atoms with Gasteiger partial charge < -0.3 is 15.0 Å². The van der Waals surface area contributed by atoms with Crippen molar-refractivity contribution >= 4 is 27.5 Å². The molecule has 0 saturated carbocycles. The molecule has 5 nitrogen and oxygen atoms in total. The van der Waals surface area contributed by atoms with E-state index in [4.69, 9.17) is 9.72 Å². The zero-order chi connectivity index (χ0) is 20.5. The minimum atomic E-state index is -0.0372. The van der Waals surface area contributed by atoms with E-state index in [2.05, 4.69) is 17.1 Å². The van der Waals surface area contributed by atoms with Crippen molar-refractivity contribution in [3.63, 3.8) is 0 Å². The molecule has 3 aromatic rings. The van der Waals surface area contributed by atoms with Crippen LogP contribution in [0.1, 0.15) is 59.1 Å². The van der Waals surface area contributed by atoms with E-state index >= 15 is 0 Å². The van der Waals surface area contributed by atoms with Crippen LogP contribution in [0.3, 0.4) is 0 Å². The molecule has 30 heavy (non-hydrogen) atoms. The predicted octanol–water partition coefficient (Wildman–Crippen LogP) is 4.75. The Balaban J connectivity index is 1.32. The number of nitrogens with one attached hydrogen (secondary N) is 1. The molecule has 2 aromatic carbocycles. The first-order valence-corrected chi connectivity index (χ1v) is 11.7. The van der Waals surface area contributed by atoms with Crippen molar-refractivity contribution < 1.29 is 9.53 Å². The minimum Gasteiger partial charge on any atom is -0.493 e. The average molecular weight is 422 g/mol. The topological polar surface area (TPSA) is 54.5 Å². The number of amides is 1. The van der Waals surface area contributed by atoms with Crippen molar-refractivity contribution in [1.29, 1.82) is 0 Å². The first kappa shape index (κ1) is 19.5. The lowest BCUT2D eigenvalue weighted by Gasteiger charge is -2.29. The SMILES string of the molecule is CCN1CCC(c2nc3ccc(C(=O)NC4CCOc5ccccc54)cc3s2)CC1. The summed E-state index contributed by atoms with van der Waals surface area (Å²) in [6.07, 6.45) is 3.13. The monoisotopic (exact) mass is 421 g/mol. The summed E-state index contributed by atoms with van der Waals surface area (Å²) in [6, 6.07) is 13.8. The van der Waals surface area contributed by atoms with Gasteiger partial charge >= 0.3 is 0 Å². The molecule has 1 aromatic heterocycles. The largest absolute Gasteiger partial charge is 0.493 e. The molecule has 0 radical (unpaired) electrons. The number of aromatic nitrogens is 1. The van der Waals surface area contributed by atoms with Crippen LogP contribution in [-0.2, 0) is 0 Å². The second kappa shape index (κ2) is 8.36. The molecule has 2 aliphatic heterocycles. The first-order valence-electron chi connectivity index (χ1n) is 10.9. The van der Waals surface area contributed by atoms with Crippen molar-refractivity contribution in [3.8, 4) is 5.75 Å². The highest BCUT2D eigenvalue weighted by atomic mass is 32.1. The lowest BCUT2D eigenvalue weighted by Crippen LogP contribution is -2.32. The standard InChI is InChI=1S/C24H27N3O2S/c1-2-27-12-9-16(10-13-27)24-26-20-8-7-17(15-22(20)30-24)23(28)25-19-11-14-29-21-6-4-3-5-18(19)21/h3-8,15-16,19H,2,9-14H2,1H3,(H,25,28). The molecule has 0 bridgehead atoms. The van der Waals surface area contributed by atoms with E-state index in [0.29, 0.717) is 18.1 Å². The summed E-state index contributed by atoms with van der Waals surface area (Å²) in [6.45, 7) is 6.27. The fourth-order valence-corrected chi connectivity index (χ4v) is 5.66. The normalized spacial score (nSPS) is 20.0. The van der Waals surface area contributed by atoms with Crippen LogP contribution in [0.4, 0.5) is 0 Å². The van der Waals surface area contributed by atoms with Crippen molar-refractivity contribution in [1.82, 2.24) is 15.2 Å². The van der Waals surface area contributed by atoms with Crippen molar-refractivity contribution in [2.45, 2.75) is 38.1 Å². The molecular weight excluding hydrogens is 394 g/mol. The third-order valence-electron chi connectivity index (χ3n) is 6.32. The quantitative estimate of drug-likeness (QED) is 0.661. The lowest BCUT2D eigenvalue weighted by atomic mass is 9.98. The van der Waals surface area contributed by atoms with E-state index in [1.807, 2.05) is 42.5 Å². The smallest absolute Gasteiger partial charge is 0.251 e. The Hall–Kier alpha value is -2.44. The molecule has 1 atom stereocenters. The molecule has 1 saturated heterocycles. The van der Waals surface area contributed by atoms with Crippen LogP contribution in [0.25, 0.3) is 10.2 Å². The number of hydrogen-bond acceptors (Lipinski definition) is 5. The van der Waals surface area contributed by atoms with Crippen LogP contribution in [0, 0.1) is 0 Å². The van der Waals surface area contributed by atoms with Gasteiger partial charge in [0.1, 0.15) is 5.75 Å². The number of carbonyl (C=O) groups is 1. The van der Waals surface area contributed by atoms with Gasteiger partial charge in [-0.05, 0) is 56.7 Å². The Bertz CT molecular complexity index is 1060. The van der Waals surface area contributed by atoms with E-state index in [0.717, 1.165) is 47.6 Å². The van der Waals surface area contributed by atoms with Gasteiger partial charge in [0.2, 0.25) is 0 Å². The maximum Gasteiger partial charge on any atom is 0.251 e. The van der Waals surface area contributed by atoms with Gasteiger partial charge in [-0.3, -0.25) is 4.79 Å². The summed E-state index contributed by atoms with van der Waals surface area (Å²) < 4.78 is 6.81. The summed E-state index contributed by atoms with van der Waals surface area (Å²) in [7, 11) is 0. The minimum absolute atomic E-state index is 0.0149. The highest BCUT2D eigenvalue weighted by molar-refractivity contribution is 7.18. The van der Waals surface area contributed by atoms with Crippen molar-refractivity contribution in [2.24, 2.45) is 0 Å². The number of piperidine rings is 1. The second-order valence-electron chi connectivity index (χ2n) is 8.14. The zero-order valence-electron chi connectivity index (χ0n) is 17.3. The maximum atomic E-state index is 13.0. The van der Waals surface area contributed by atoms with Gasteiger partial charge in [0.15, 0.2) is 0 Å². The Kier molecular flexibility index (Phi) is 5.44. The van der Waals surface area contributed by atoms with E-state index in [9.17, 15) is 4.79 Å². The molecular formula is C24H27N3O2S. The van der Waals surface area contributed by atoms with Gasteiger partial charge in [-0.1, -0.05) is 25.1 Å². The molecule has 3 heterocycles. The molecule has 1 amide bonds. The molecule has 0 aliphatic carbocycles. The van der Waals surface area contributed by atoms with Gasteiger partial charge in [0, 0.05) is 23.5 Å². The van der Waals surface area contributed by atoms with Crippen LogP contribution >= 0.6 is 11.3 Å². The summed E-state index contributed by atoms with van der Waals surface area (Å²) >= 11 is 1.75. The fourth-order valence-electron chi connectivity index (χ4n) is 4.49. The highest BCUT2D eigenvalue weighted by Gasteiger charge is 2.25. The van der Waals surface area contributed by atoms with Gasteiger partial charge in [-0.25, -0.2) is 4.98 Å². The van der Waals surface area contributed by atoms with Crippen LogP contribution in [0.2, 0.25) is 0 Å². The Labute approximate surface area is 181 Å². The van der Waals surface area contributed by atoms with Gasteiger partial charge in [-0.2, -0.15) is 0 Å². The molecule has 156 valence electrons. The van der Waals surface area contributed by atoms with Gasteiger partial charge in [-0.15, -0.1) is 11.3 Å². The Morgan fingerprint density at radius 1 is 1.20 bits per heavy atom. The third-order valence-corrected chi connectivity index (χ3v) is 7.50. The fraction of sp³-hybridized carbons (Fsp3) is 0.417. The van der Waals surface area contributed by atoms with Crippen molar-refractivity contribution in [2.75, 3.05) is 26.2 Å². The Morgan fingerprint density at radius 3 is 2.87 bits per heavy atom. The van der Waals surface area contributed by atoms with Gasteiger partial charge in [0.05, 0.1) is 27.9 Å². The van der Waals surface area contributed by atoms with Crippen LogP contribution in [0.15, 0.2) is 42.5 Å². The third kappa shape index (κ3) is 3.82. The Morgan fingerprint density at radius 2 is 2.03 bits per heavy atom. The number of benzene rings is 2. The molecule has 1 unspecified atom stereocenters. The molecule has 1 fully saturated rings. The number of carbonyl (C=O) groups excluding carboxylic acids is 1. The van der Waals surface area contributed by atoms with Crippen LogP contribution in [-0.4, -0.2) is 42.0 Å². The summed E-state index contributed by atoms with van der Waals surface area (Å²) in [4.78, 5) is 20.4. The predicted molar refractivity (Wildman–Crippen MR) is 120 cm³/mol. The highest BCUT2D eigenvalue weighted by Crippen LogP contribution is 2.35. The number of hydrogen-bond donors (Lipinski definition) is 1. The number of fused-ring (bicyclic) bond motifs is 2. The number of nitrogens with zero attached hydrogens (tertiary/aromatic N) is 2. The molecule has 5 rings (SSSR count). The number of likely N-dealkylation sites (tertiary alicyclic amines) is 1. The van der Waals surface area contributed by atoms with E-state index in [1.54, 1.807) is 11.3 Å². The van der Waals surface area contributed by atoms with E-state index in [-0.39, 0.29) is 11.9 Å². The molecule has 6 heteroatoms. The van der Waals surface area contributed by atoms with Crippen LogP contribution in [0.5, 0.6) is 5.75 Å². The number of rotatable bonds is 4. The number of thiazole rings is 1. The van der Waals surface area contributed by atoms with E-state index in [1.165, 1.54) is 17.8 Å². The van der Waals surface area contributed by atoms with Gasteiger partial charge in [0.25, 0.3) is 5.91 Å². The summed E-state index contributed by atoms with van der Waals surface area (Å²) in [5, 5.41) is 4.42. The second-order valence-corrected chi connectivity index (χ2v) is 9.21. The first-order chi connectivity index (χ1) is 14.7. The molecule has 0 spiro atoms. The maximum absolute atomic E-state index is 13.0. The number of para-hydroxylation sites is 1. The van der Waals surface area contributed by atoms with E-state index < -0.39 is 0 Å². The molecule has 1 N–H and O–H groups in total. The number of ether oxygens (including phenoxy) is 1.